The van der Waals surface area contributed by atoms with Crippen LogP contribution in [0, 0.1) is 6.92 Å². The first-order chi connectivity index (χ1) is 9.10. The molecule has 0 unspecified atom stereocenters. The molecule has 2 aromatic heterocycles. The predicted molar refractivity (Wildman–Crippen MR) is 75.8 cm³/mol. The monoisotopic (exact) mass is 294 g/mol. The van der Waals surface area contributed by atoms with Crippen molar-refractivity contribution in [3.63, 3.8) is 0 Å². The van der Waals surface area contributed by atoms with Gasteiger partial charge in [-0.3, -0.25) is 4.79 Å². The number of hydrogen-bond acceptors (Lipinski definition) is 5. The van der Waals surface area contributed by atoms with Gasteiger partial charge in [-0.25, -0.2) is 15.0 Å². The molecule has 2 rings (SSSR count). The average Bonchev–Trinajstić information content (AvgIpc) is 2.41. The van der Waals surface area contributed by atoms with E-state index in [1.807, 2.05) is 6.26 Å². The second kappa shape index (κ2) is 5.99. The standard InChI is InChI=1S/C12H11ClN4OS/c1-7-9(6-15-12(16-7)19-2)11(18)17-10-4-3-8(13)5-14-10/h3-6H,1-2H3,(H,14,17,18). The summed E-state index contributed by atoms with van der Waals surface area (Å²) in [5.41, 5.74) is 1.06. The van der Waals surface area contributed by atoms with Crippen molar-refractivity contribution >= 4 is 35.1 Å². The van der Waals surface area contributed by atoms with Gasteiger partial charge >= 0.3 is 0 Å². The molecule has 19 heavy (non-hydrogen) atoms. The number of aromatic nitrogens is 3. The normalized spacial score (nSPS) is 10.3. The molecule has 98 valence electrons. The highest BCUT2D eigenvalue weighted by Crippen LogP contribution is 2.14. The van der Waals surface area contributed by atoms with Gasteiger partial charge in [0.05, 0.1) is 16.3 Å². The maximum atomic E-state index is 12.0. The number of rotatable bonds is 3. The van der Waals surface area contributed by atoms with Crippen molar-refractivity contribution in [3.05, 3.63) is 40.8 Å². The molecule has 0 saturated heterocycles. The summed E-state index contributed by atoms with van der Waals surface area (Å²) in [6, 6.07) is 3.29. The summed E-state index contributed by atoms with van der Waals surface area (Å²) < 4.78 is 0. The van der Waals surface area contributed by atoms with Crippen LogP contribution in [0.4, 0.5) is 5.82 Å². The average molecular weight is 295 g/mol. The van der Waals surface area contributed by atoms with Gasteiger partial charge in [0.1, 0.15) is 5.82 Å². The van der Waals surface area contributed by atoms with Gasteiger partial charge in [0.25, 0.3) is 5.91 Å². The Morgan fingerprint density at radius 1 is 1.32 bits per heavy atom. The second-order valence-electron chi connectivity index (χ2n) is 3.67. The molecule has 0 aliphatic heterocycles. The molecule has 0 aromatic carbocycles. The molecule has 0 saturated carbocycles. The molecule has 0 bridgehead atoms. The van der Waals surface area contributed by atoms with Gasteiger partial charge in [-0.05, 0) is 25.3 Å². The number of thioether (sulfide) groups is 1. The number of anilines is 1. The zero-order valence-electron chi connectivity index (χ0n) is 10.3. The SMILES string of the molecule is CSc1ncc(C(=O)Nc2ccc(Cl)cn2)c(C)n1. The third kappa shape index (κ3) is 3.42. The highest BCUT2D eigenvalue weighted by molar-refractivity contribution is 7.98. The summed E-state index contributed by atoms with van der Waals surface area (Å²) in [5, 5.41) is 3.82. The van der Waals surface area contributed by atoms with Gasteiger partial charge in [0, 0.05) is 12.4 Å². The fraction of sp³-hybridized carbons (Fsp3) is 0.167. The first kappa shape index (κ1) is 13.8. The van der Waals surface area contributed by atoms with Crippen LogP contribution < -0.4 is 5.32 Å². The van der Waals surface area contributed by atoms with Gasteiger partial charge in [0.2, 0.25) is 0 Å². The van der Waals surface area contributed by atoms with Gasteiger partial charge in [-0.2, -0.15) is 0 Å². The van der Waals surface area contributed by atoms with E-state index in [0.29, 0.717) is 27.3 Å². The maximum absolute atomic E-state index is 12.0. The van der Waals surface area contributed by atoms with Crippen LogP contribution in [0.5, 0.6) is 0 Å². The van der Waals surface area contributed by atoms with Gasteiger partial charge < -0.3 is 5.32 Å². The van der Waals surface area contributed by atoms with Crippen LogP contribution in [-0.2, 0) is 0 Å². The molecule has 0 aliphatic rings. The van der Waals surface area contributed by atoms with E-state index < -0.39 is 0 Å². The molecule has 2 aromatic rings. The lowest BCUT2D eigenvalue weighted by Crippen LogP contribution is -2.15. The van der Waals surface area contributed by atoms with E-state index in [1.165, 1.54) is 24.2 Å². The molecule has 0 atom stereocenters. The Kier molecular flexibility index (Phi) is 4.34. The van der Waals surface area contributed by atoms with E-state index in [-0.39, 0.29) is 5.91 Å². The molecule has 0 radical (unpaired) electrons. The molecule has 2 heterocycles. The second-order valence-corrected chi connectivity index (χ2v) is 4.88. The minimum atomic E-state index is -0.292. The van der Waals surface area contributed by atoms with Crippen LogP contribution in [0.25, 0.3) is 0 Å². The Labute approximate surface area is 119 Å². The molecular formula is C12H11ClN4OS. The first-order valence-corrected chi connectivity index (χ1v) is 7.01. The quantitative estimate of drug-likeness (QED) is 0.696. The summed E-state index contributed by atoms with van der Waals surface area (Å²) >= 11 is 7.15. The number of nitrogens with one attached hydrogen (secondary N) is 1. The van der Waals surface area contributed by atoms with Crippen LogP contribution in [0.3, 0.4) is 0 Å². The summed E-state index contributed by atoms with van der Waals surface area (Å²) in [5.74, 6) is 0.141. The highest BCUT2D eigenvalue weighted by Gasteiger charge is 2.12. The molecule has 5 nitrogen and oxygen atoms in total. The number of pyridine rings is 1. The van der Waals surface area contributed by atoms with Gasteiger partial charge in [0.15, 0.2) is 5.16 Å². The number of carbonyl (C=O) groups excluding carboxylic acids is 1. The Morgan fingerprint density at radius 3 is 2.68 bits per heavy atom. The lowest BCUT2D eigenvalue weighted by Gasteiger charge is -2.06. The lowest BCUT2D eigenvalue weighted by molar-refractivity contribution is 0.102. The smallest absolute Gasteiger partial charge is 0.260 e. The van der Waals surface area contributed by atoms with Crippen molar-refractivity contribution in [2.45, 2.75) is 12.1 Å². The molecule has 1 amide bonds. The minimum Gasteiger partial charge on any atom is -0.306 e. The third-order valence-corrected chi connectivity index (χ3v) is 3.14. The largest absolute Gasteiger partial charge is 0.306 e. The Balaban J connectivity index is 2.18. The summed E-state index contributed by atoms with van der Waals surface area (Å²) in [6.07, 6.45) is 4.86. The van der Waals surface area contributed by atoms with Crippen molar-refractivity contribution in [3.8, 4) is 0 Å². The van der Waals surface area contributed by atoms with E-state index in [4.69, 9.17) is 11.6 Å². The van der Waals surface area contributed by atoms with Crippen LogP contribution in [0.2, 0.25) is 5.02 Å². The third-order valence-electron chi connectivity index (χ3n) is 2.35. The topological polar surface area (TPSA) is 67.8 Å². The zero-order valence-corrected chi connectivity index (χ0v) is 11.9. The fourth-order valence-corrected chi connectivity index (χ4v) is 1.90. The number of aryl methyl sites for hydroxylation is 1. The van der Waals surface area contributed by atoms with Gasteiger partial charge in [-0.15, -0.1) is 0 Å². The van der Waals surface area contributed by atoms with Gasteiger partial charge in [-0.1, -0.05) is 23.4 Å². The number of halogens is 1. The van der Waals surface area contributed by atoms with Crippen molar-refractivity contribution < 1.29 is 4.79 Å². The molecule has 0 aliphatic carbocycles. The maximum Gasteiger partial charge on any atom is 0.260 e. The van der Waals surface area contributed by atoms with E-state index in [0.717, 1.165) is 0 Å². The molecule has 0 fully saturated rings. The van der Waals surface area contributed by atoms with E-state index in [1.54, 1.807) is 19.1 Å². The van der Waals surface area contributed by atoms with Crippen molar-refractivity contribution in [1.82, 2.24) is 15.0 Å². The van der Waals surface area contributed by atoms with Crippen molar-refractivity contribution in [2.75, 3.05) is 11.6 Å². The first-order valence-electron chi connectivity index (χ1n) is 5.40. The highest BCUT2D eigenvalue weighted by atomic mass is 35.5. The predicted octanol–water partition coefficient (Wildman–Crippen LogP) is 2.81. The lowest BCUT2D eigenvalue weighted by atomic mass is 10.2. The minimum absolute atomic E-state index is 0.292. The van der Waals surface area contributed by atoms with E-state index >= 15 is 0 Å². The molecule has 1 N–H and O–H groups in total. The number of hydrogen-bond donors (Lipinski definition) is 1. The Hall–Kier alpha value is -1.66. The van der Waals surface area contributed by atoms with Crippen LogP contribution in [-0.4, -0.2) is 27.1 Å². The van der Waals surface area contributed by atoms with Crippen LogP contribution in [0.1, 0.15) is 16.1 Å². The number of amides is 1. The molecule has 0 spiro atoms. The fourth-order valence-electron chi connectivity index (χ4n) is 1.40. The Morgan fingerprint density at radius 2 is 2.11 bits per heavy atom. The van der Waals surface area contributed by atoms with E-state index in [9.17, 15) is 4.79 Å². The number of carbonyl (C=O) groups is 1. The number of nitrogens with zero attached hydrogens (tertiary/aromatic N) is 3. The zero-order chi connectivity index (χ0) is 13.8. The summed E-state index contributed by atoms with van der Waals surface area (Å²) in [6.45, 7) is 1.77. The Bertz CT molecular complexity index is 603. The van der Waals surface area contributed by atoms with Crippen LogP contribution >= 0.6 is 23.4 Å². The van der Waals surface area contributed by atoms with Crippen molar-refractivity contribution in [1.29, 1.82) is 0 Å². The molecule has 7 heteroatoms. The van der Waals surface area contributed by atoms with Crippen molar-refractivity contribution in [2.24, 2.45) is 0 Å². The summed E-state index contributed by atoms with van der Waals surface area (Å²) in [4.78, 5) is 24.3. The van der Waals surface area contributed by atoms with E-state index in [2.05, 4.69) is 20.3 Å². The van der Waals surface area contributed by atoms with Crippen LogP contribution in [0.15, 0.2) is 29.7 Å². The molecular weight excluding hydrogens is 284 g/mol. The summed E-state index contributed by atoms with van der Waals surface area (Å²) in [7, 11) is 0.